The van der Waals surface area contributed by atoms with Crippen LogP contribution in [0.2, 0.25) is 0 Å². The van der Waals surface area contributed by atoms with Gasteiger partial charge in [-0.1, -0.05) is 6.92 Å². The van der Waals surface area contributed by atoms with Crippen molar-refractivity contribution in [2.24, 2.45) is 0 Å². The largest absolute Gasteiger partial charge is 0.481 e. The van der Waals surface area contributed by atoms with Crippen LogP contribution in [0.3, 0.4) is 0 Å². The van der Waals surface area contributed by atoms with E-state index < -0.39 is 5.97 Å². The van der Waals surface area contributed by atoms with E-state index in [1.165, 1.54) is 0 Å². The van der Waals surface area contributed by atoms with Crippen molar-refractivity contribution in [3.8, 4) is 0 Å². The summed E-state index contributed by atoms with van der Waals surface area (Å²) < 4.78 is 9.89. The second-order valence-electron chi connectivity index (χ2n) is 2.37. The van der Waals surface area contributed by atoms with Crippen LogP contribution in [0.1, 0.15) is 19.8 Å². The minimum absolute atomic E-state index is 0.292. The van der Waals surface area contributed by atoms with Crippen LogP contribution >= 0.6 is 0 Å². The Bertz CT molecular complexity index is 98.1. The van der Waals surface area contributed by atoms with Crippen molar-refractivity contribution in [2.75, 3.05) is 26.4 Å². The Morgan fingerprint density at radius 3 is 1.75 bits per heavy atom. The molecule has 1 N–H and O–H groups in total. The van der Waals surface area contributed by atoms with Gasteiger partial charge in [-0.3, -0.25) is 4.79 Å². The molecule has 0 unspecified atom stereocenters. The molecule has 0 spiro atoms. The molecule has 4 nitrogen and oxygen atoms in total. The lowest BCUT2D eigenvalue weighted by Gasteiger charge is -2.09. The Kier molecular flexibility index (Phi) is 8.05. The zero-order valence-electron chi connectivity index (χ0n) is 7.41. The number of carboxylic acid groups (broad SMARTS) is 1. The van der Waals surface area contributed by atoms with E-state index in [0.29, 0.717) is 6.42 Å². The van der Waals surface area contributed by atoms with E-state index in [1.54, 1.807) is 0 Å². The first kappa shape index (κ1) is 11.4. The fourth-order valence-electron chi connectivity index (χ4n) is 0.654. The van der Waals surface area contributed by atoms with E-state index in [1.807, 2.05) is 6.92 Å². The van der Waals surface area contributed by atoms with Crippen molar-refractivity contribution in [1.29, 1.82) is 0 Å². The van der Waals surface area contributed by atoms with Crippen LogP contribution in [0.25, 0.3) is 0 Å². The van der Waals surface area contributed by atoms with Gasteiger partial charge in [0.1, 0.15) is 0 Å². The summed E-state index contributed by atoms with van der Waals surface area (Å²) >= 11 is 0. The number of carbonyl (C=O) groups is 1. The molecule has 4 heteroatoms. The Morgan fingerprint density at radius 2 is 1.67 bits per heavy atom. The fraction of sp³-hybridized carbons (Fsp3) is 0.875. The molecule has 0 atom stereocenters. The van der Waals surface area contributed by atoms with E-state index in [0.717, 1.165) is 32.8 Å². The quantitative estimate of drug-likeness (QED) is 0.679. The van der Waals surface area contributed by atoms with Crippen molar-refractivity contribution in [1.82, 2.24) is 0 Å². The third-order valence-electron chi connectivity index (χ3n) is 1.21. The van der Waals surface area contributed by atoms with Crippen LogP contribution in [0.4, 0.5) is 0 Å². The van der Waals surface area contributed by atoms with Gasteiger partial charge in [-0.2, -0.15) is 0 Å². The molecule has 0 aliphatic carbocycles. The highest BCUT2D eigenvalue weighted by molar-refractivity contribution is 5.66. The van der Waals surface area contributed by atoms with Crippen LogP contribution in [0, 0.1) is 0 Å². The van der Waals surface area contributed by atoms with Crippen molar-refractivity contribution in [3.05, 3.63) is 0 Å². The SMILES string of the molecule is C1COCCO1.CCCC(=O)O. The van der Waals surface area contributed by atoms with E-state index in [4.69, 9.17) is 14.6 Å². The average Bonchev–Trinajstić information content (AvgIpc) is 2.08. The van der Waals surface area contributed by atoms with Crippen molar-refractivity contribution in [3.63, 3.8) is 0 Å². The predicted octanol–water partition coefficient (Wildman–Crippen LogP) is 0.904. The molecule has 0 aromatic rings. The molecule has 1 heterocycles. The maximum atomic E-state index is 9.60. The van der Waals surface area contributed by atoms with Crippen LogP contribution in [0.5, 0.6) is 0 Å². The molecule has 0 saturated carbocycles. The molecule has 1 aliphatic heterocycles. The first-order chi connectivity index (χ1) is 5.77. The highest BCUT2D eigenvalue weighted by atomic mass is 16.6. The maximum absolute atomic E-state index is 9.60. The standard InChI is InChI=1S/2C4H8O2/c1-2-6-4-3-5-1;1-2-3-4(5)6/h1-4H2;2-3H2,1H3,(H,5,6). The molecule has 0 aromatic heterocycles. The summed E-state index contributed by atoms with van der Waals surface area (Å²) in [5, 5.41) is 7.91. The zero-order chi connectivity index (χ0) is 9.23. The third-order valence-corrected chi connectivity index (χ3v) is 1.21. The van der Waals surface area contributed by atoms with Gasteiger partial charge in [-0.15, -0.1) is 0 Å². The number of hydrogen-bond acceptors (Lipinski definition) is 3. The van der Waals surface area contributed by atoms with Gasteiger partial charge in [-0.25, -0.2) is 0 Å². The highest BCUT2D eigenvalue weighted by Gasteiger charge is 1.94. The first-order valence-corrected chi connectivity index (χ1v) is 4.14. The number of hydrogen-bond donors (Lipinski definition) is 1. The average molecular weight is 176 g/mol. The van der Waals surface area contributed by atoms with Gasteiger partial charge in [0.2, 0.25) is 0 Å². The summed E-state index contributed by atoms with van der Waals surface area (Å²) in [6, 6.07) is 0. The molecule has 1 aliphatic rings. The molecule has 1 rings (SSSR count). The maximum Gasteiger partial charge on any atom is 0.303 e. The van der Waals surface area contributed by atoms with Crippen molar-refractivity contribution >= 4 is 5.97 Å². The minimum Gasteiger partial charge on any atom is -0.481 e. The Labute approximate surface area is 72.5 Å². The Balaban J connectivity index is 0.000000202. The van der Waals surface area contributed by atoms with E-state index >= 15 is 0 Å². The lowest BCUT2D eigenvalue weighted by atomic mass is 10.4. The van der Waals surface area contributed by atoms with Crippen molar-refractivity contribution < 1.29 is 19.4 Å². The van der Waals surface area contributed by atoms with Gasteiger partial charge in [0, 0.05) is 6.42 Å². The van der Waals surface area contributed by atoms with Crippen LogP contribution < -0.4 is 0 Å². The summed E-state index contributed by atoms with van der Waals surface area (Å²) in [4.78, 5) is 9.60. The highest BCUT2D eigenvalue weighted by Crippen LogP contribution is 1.85. The molecule has 1 saturated heterocycles. The number of carboxylic acids is 1. The molecular weight excluding hydrogens is 160 g/mol. The second kappa shape index (κ2) is 8.49. The molecule has 1 fully saturated rings. The monoisotopic (exact) mass is 176 g/mol. The van der Waals surface area contributed by atoms with Crippen molar-refractivity contribution in [2.45, 2.75) is 19.8 Å². The fourth-order valence-corrected chi connectivity index (χ4v) is 0.654. The van der Waals surface area contributed by atoms with E-state index in [-0.39, 0.29) is 0 Å². The molecule has 0 radical (unpaired) electrons. The zero-order valence-corrected chi connectivity index (χ0v) is 7.41. The Morgan fingerprint density at radius 1 is 1.25 bits per heavy atom. The molecule has 0 bridgehead atoms. The van der Waals surface area contributed by atoms with Gasteiger partial charge in [0.05, 0.1) is 26.4 Å². The molecule has 0 aromatic carbocycles. The van der Waals surface area contributed by atoms with Gasteiger partial charge in [-0.05, 0) is 6.42 Å². The van der Waals surface area contributed by atoms with Crippen LogP contribution in [-0.4, -0.2) is 37.5 Å². The van der Waals surface area contributed by atoms with Crippen LogP contribution in [0.15, 0.2) is 0 Å². The lowest BCUT2D eigenvalue weighted by Crippen LogP contribution is -2.16. The molecule has 12 heavy (non-hydrogen) atoms. The molecule has 72 valence electrons. The van der Waals surface area contributed by atoms with Gasteiger partial charge in [0.25, 0.3) is 0 Å². The smallest absolute Gasteiger partial charge is 0.303 e. The minimum atomic E-state index is -0.711. The summed E-state index contributed by atoms with van der Waals surface area (Å²) in [5.41, 5.74) is 0. The second-order valence-corrected chi connectivity index (χ2v) is 2.37. The summed E-state index contributed by atoms with van der Waals surface area (Å²) in [6.07, 6.45) is 1.02. The van der Waals surface area contributed by atoms with Gasteiger partial charge >= 0.3 is 5.97 Å². The molecular formula is C8H16O4. The normalized spacial score (nSPS) is 16.1. The summed E-state index contributed by atoms with van der Waals surface area (Å²) in [6.45, 7) is 4.95. The van der Waals surface area contributed by atoms with E-state index in [9.17, 15) is 4.79 Å². The lowest BCUT2D eigenvalue weighted by molar-refractivity contribution is -0.137. The van der Waals surface area contributed by atoms with Crippen LogP contribution in [-0.2, 0) is 14.3 Å². The topological polar surface area (TPSA) is 55.8 Å². The first-order valence-electron chi connectivity index (χ1n) is 4.14. The summed E-state index contributed by atoms with van der Waals surface area (Å²) in [7, 11) is 0. The van der Waals surface area contributed by atoms with Gasteiger partial charge < -0.3 is 14.6 Å². The Hall–Kier alpha value is -0.610. The molecule has 0 amide bonds. The van der Waals surface area contributed by atoms with E-state index in [2.05, 4.69) is 0 Å². The third kappa shape index (κ3) is 9.39. The number of rotatable bonds is 2. The number of aliphatic carboxylic acids is 1. The predicted molar refractivity (Wildman–Crippen MR) is 44.2 cm³/mol. The van der Waals surface area contributed by atoms with Gasteiger partial charge in [0.15, 0.2) is 0 Å². The summed E-state index contributed by atoms with van der Waals surface area (Å²) in [5.74, 6) is -0.711. The number of ether oxygens (including phenoxy) is 2.